The highest BCUT2D eigenvalue weighted by Gasteiger charge is 2.18. The van der Waals surface area contributed by atoms with Crippen molar-refractivity contribution in [1.82, 2.24) is 4.90 Å². The molecule has 1 saturated heterocycles. The van der Waals surface area contributed by atoms with Crippen molar-refractivity contribution in [2.75, 3.05) is 13.1 Å². The van der Waals surface area contributed by atoms with Gasteiger partial charge in [-0.2, -0.15) is 0 Å². The zero-order valence-corrected chi connectivity index (χ0v) is 7.14. The summed E-state index contributed by atoms with van der Waals surface area (Å²) in [7, 11) is 0. The quantitative estimate of drug-likeness (QED) is 0.451. The molecule has 0 amide bonds. The third kappa shape index (κ3) is 2.15. The molecule has 0 atom stereocenters. The second-order valence-corrected chi connectivity index (χ2v) is 3.22. The Morgan fingerprint density at radius 2 is 2.09 bits per heavy atom. The zero-order chi connectivity index (χ0) is 8.27. The second kappa shape index (κ2) is 3.67. The molecule has 0 saturated carbocycles. The average molecular weight is 172 g/mol. The summed E-state index contributed by atoms with van der Waals surface area (Å²) in [5.41, 5.74) is 5.42. The first kappa shape index (κ1) is 8.46. The van der Waals surface area contributed by atoms with Crippen LogP contribution in [-0.4, -0.2) is 29.4 Å². The molecule has 4 heteroatoms. The highest BCUT2D eigenvalue weighted by molar-refractivity contribution is 7.80. The summed E-state index contributed by atoms with van der Waals surface area (Å²) in [5.74, 6) is 0.223. The van der Waals surface area contributed by atoms with Crippen LogP contribution in [0.1, 0.15) is 12.8 Å². The standard InChI is InChI=1S/C7H12N2OS/c8-7(11)9-3-1-6(5-10)2-4-9/h5-6H,1-4H2,(H2,8,11). The summed E-state index contributed by atoms with van der Waals surface area (Å²) in [6.45, 7) is 1.66. The third-order valence-electron chi connectivity index (χ3n) is 2.04. The Morgan fingerprint density at radius 1 is 1.55 bits per heavy atom. The monoisotopic (exact) mass is 172 g/mol. The number of nitrogens with zero attached hydrogens (tertiary/aromatic N) is 1. The molecule has 1 rings (SSSR count). The second-order valence-electron chi connectivity index (χ2n) is 2.80. The van der Waals surface area contributed by atoms with E-state index in [0.29, 0.717) is 5.11 Å². The minimum atomic E-state index is 0.223. The Morgan fingerprint density at radius 3 is 2.45 bits per heavy atom. The van der Waals surface area contributed by atoms with Crippen LogP contribution in [0.3, 0.4) is 0 Å². The molecular formula is C7H12N2OS. The molecule has 1 fully saturated rings. The molecular weight excluding hydrogens is 160 g/mol. The van der Waals surface area contributed by atoms with E-state index < -0.39 is 0 Å². The predicted molar refractivity (Wildman–Crippen MR) is 47.1 cm³/mol. The first-order valence-corrected chi connectivity index (χ1v) is 4.14. The normalized spacial score (nSPS) is 19.8. The molecule has 62 valence electrons. The van der Waals surface area contributed by atoms with Gasteiger partial charge in [0.2, 0.25) is 0 Å². The molecule has 0 bridgehead atoms. The minimum Gasteiger partial charge on any atom is -0.376 e. The van der Waals surface area contributed by atoms with Gasteiger partial charge in [-0.25, -0.2) is 0 Å². The number of carbonyl (C=O) groups excluding carboxylic acids is 1. The SMILES string of the molecule is NC(=S)N1CCC(C=O)CC1. The number of aldehydes is 1. The fourth-order valence-electron chi connectivity index (χ4n) is 1.26. The van der Waals surface area contributed by atoms with Crippen LogP contribution in [0.15, 0.2) is 0 Å². The summed E-state index contributed by atoms with van der Waals surface area (Å²) in [4.78, 5) is 12.3. The molecule has 3 nitrogen and oxygen atoms in total. The number of thiocarbonyl (C=S) groups is 1. The number of hydrogen-bond acceptors (Lipinski definition) is 2. The fourth-order valence-corrected chi connectivity index (χ4v) is 1.44. The molecule has 0 spiro atoms. The van der Waals surface area contributed by atoms with Crippen molar-refractivity contribution >= 4 is 23.6 Å². The van der Waals surface area contributed by atoms with E-state index in [-0.39, 0.29) is 5.92 Å². The van der Waals surface area contributed by atoms with Gasteiger partial charge in [-0.3, -0.25) is 0 Å². The van der Waals surface area contributed by atoms with E-state index in [1.54, 1.807) is 0 Å². The van der Waals surface area contributed by atoms with Crippen molar-refractivity contribution < 1.29 is 4.79 Å². The molecule has 1 aliphatic rings. The summed E-state index contributed by atoms with van der Waals surface area (Å²) < 4.78 is 0. The Labute approximate surface area is 71.5 Å². The van der Waals surface area contributed by atoms with E-state index in [9.17, 15) is 4.79 Å². The number of piperidine rings is 1. The molecule has 1 heterocycles. The summed E-state index contributed by atoms with van der Waals surface area (Å²) in [5, 5.41) is 0.453. The van der Waals surface area contributed by atoms with Crippen molar-refractivity contribution in [2.24, 2.45) is 11.7 Å². The van der Waals surface area contributed by atoms with E-state index in [2.05, 4.69) is 0 Å². The van der Waals surface area contributed by atoms with Gasteiger partial charge < -0.3 is 15.4 Å². The third-order valence-corrected chi connectivity index (χ3v) is 2.30. The summed E-state index contributed by atoms with van der Waals surface area (Å²) in [6, 6.07) is 0. The number of likely N-dealkylation sites (tertiary alicyclic amines) is 1. The number of nitrogens with two attached hydrogens (primary N) is 1. The molecule has 2 N–H and O–H groups in total. The van der Waals surface area contributed by atoms with E-state index in [4.69, 9.17) is 18.0 Å². The number of carbonyl (C=O) groups is 1. The predicted octanol–water partition coefficient (Wildman–Crippen LogP) is 0.141. The van der Waals surface area contributed by atoms with Crippen LogP contribution in [0.2, 0.25) is 0 Å². The highest BCUT2D eigenvalue weighted by Crippen LogP contribution is 2.13. The van der Waals surface area contributed by atoms with Crippen LogP contribution in [0, 0.1) is 5.92 Å². The van der Waals surface area contributed by atoms with Crippen molar-refractivity contribution in [3.63, 3.8) is 0 Å². The molecule has 1 aliphatic heterocycles. The van der Waals surface area contributed by atoms with Crippen molar-refractivity contribution in [1.29, 1.82) is 0 Å². The Bertz CT molecular complexity index is 164. The average Bonchev–Trinajstić information content (AvgIpc) is 2.05. The van der Waals surface area contributed by atoms with Gasteiger partial charge in [-0.05, 0) is 25.1 Å². The van der Waals surface area contributed by atoms with E-state index >= 15 is 0 Å². The Hall–Kier alpha value is -0.640. The first-order valence-electron chi connectivity index (χ1n) is 3.73. The van der Waals surface area contributed by atoms with E-state index in [0.717, 1.165) is 32.2 Å². The first-order chi connectivity index (χ1) is 5.24. The Kier molecular flexibility index (Phi) is 2.82. The van der Waals surface area contributed by atoms with Crippen molar-refractivity contribution in [3.8, 4) is 0 Å². The summed E-state index contributed by atoms with van der Waals surface area (Å²) in [6.07, 6.45) is 2.80. The maximum atomic E-state index is 10.4. The van der Waals surface area contributed by atoms with Gasteiger partial charge in [0.25, 0.3) is 0 Å². The van der Waals surface area contributed by atoms with Crippen LogP contribution < -0.4 is 5.73 Å². The van der Waals surface area contributed by atoms with E-state index in [1.807, 2.05) is 4.90 Å². The van der Waals surface area contributed by atoms with Gasteiger partial charge in [0.1, 0.15) is 6.29 Å². The highest BCUT2D eigenvalue weighted by atomic mass is 32.1. The van der Waals surface area contributed by atoms with Gasteiger partial charge in [-0.1, -0.05) is 0 Å². The summed E-state index contributed by atoms with van der Waals surface area (Å²) >= 11 is 4.81. The molecule has 11 heavy (non-hydrogen) atoms. The van der Waals surface area contributed by atoms with Crippen molar-refractivity contribution in [2.45, 2.75) is 12.8 Å². The molecule has 0 aliphatic carbocycles. The van der Waals surface area contributed by atoms with Gasteiger partial charge in [-0.15, -0.1) is 0 Å². The minimum absolute atomic E-state index is 0.223. The smallest absolute Gasteiger partial charge is 0.166 e. The molecule has 0 aromatic rings. The topological polar surface area (TPSA) is 46.3 Å². The van der Waals surface area contributed by atoms with Gasteiger partial charge in [0, 0.05) is 19.0 Å². The fraction of sp³-hybridized carbons (Fsp3) is 0.714. The molecule has 0 unspecified atom stereocenters. The lowest BCUT2D eigenvalue weighted by Gasteiger charge is -2.29. The van der Waals surface area contributed by atoms with Crippen LogP contribution in [0.5, 0.6) is 0 Å². The van der Waals surface area contributed by atoms with Crippen LogP contribution in [0.25, 0.3) is 0 Å². The lowest BCUT2D eigenvalue weighted by Crippen LogP contribution is -2.41. The maximum Gasteiger partial charge on any atom is 0.166 e. The molecule has 0 aromatic carbocycles. The largest absolute Gasteiger partial charge is 0.376 e. The Balaban J connectivity index is 2.35. The van der Waals surface area contributed by atoms with Gasteiger partial charge >= 0.3 is 0 Å². The number of hydrogen-bond donors (Lipinski definition) is 1. The zero-order valence-electron chi connectivity index (χ0n) is 6.32. The van der Waals surface area contributed by atoms with Gasteiger partial charge in [0.05, 0.1) is 0 Å². The van der Waals surface area contributed by atoms with Crippen LogP contribution in [-0.2, 0) is 4.79 Å². The van der Waals surface area contributed by atoms with Crippen LogP contribution in [0.4, 0.5) is 0 Å². The van der Waals surface area contributed by atoms with Crippen LogP contribution >= 0.6 is 12.2 Å². The van der Waals surface area contributed by atoms with Crippen molar-refractivity contribution in [3.05, 3.63) is 0 Å². The number of rotatable bonds is 1. The van der Waals surface area contributed by atoms with Gasteiger partial charge in [0.15, 0.2) is 5.11 Å². The maximum absolute atomic E-state index is 10.4. The van der Waals surface area contributed by atoms with E-state index in [1.165, 1.54) is 0 Å². The lowest BCUT2D eigenvalue weighted by molar-refractivity contribution is -0.112. The molecule has 0 radical (unpaired) electrons. The molecule has 0 aromatic heterocycles. The lowest BCUT2D eigenvalue weighted by atomic mass is 9.99.